The van der Waals surface area contributed by atoms with Crippen LogP contribution < -0.4 is 16.0 Å². The molecule has 0 atom stereocenters. The van der Waals surface area contributed by atoms with Crippen molar-refractivity contribution in [1.82, 2.24) is 26.1 Å². The molecule has 0 bridgehead atoms. The van der Waals surface area contributed by atoms with E-state index in [0.717, 1.165) is 24.2 Å². The van der Waals surface area contributed by atoms with Gasteiger partial charge in [-0.1, -0.05) is 0 Å². The van der Waals surface area contributed by atoms with E-state index in [4.69, 9.17) is 0 Å². The fourth-order valence-corrected chi connectivity index (χ4v) is 1.91. The van der Waals surface area contributed by atoms with Gasteiger partial charge in [0.05, 0.1) is 0 Å². The number of amides is 2. The number of H-pyrrole nitrogens is 1. The molecule has 2 amide bonds. The summed E-state index contributed by atoms with van der Waals surface area (Å²) in [6.07, 6.45) is 0.863. The summed E-state index contributed by atoms with van der Waals surface area (Å²) in [6, 6.07) is 0. The van der Waals surface area contributed by atoms with Crippen molar-refractivity contribution in [3.63, 3.8) is 0 Å². The monoisotopic (exact) mass is 251 g/mol. The van der Waals surface area contributed by atoms with Crippen molar-refractivity contribution in [3.05, 3.63) is 17.0 Å². The third-order valence-electron chi connectivity index (χ3n) is 2.81. The Morgan fingerprint density at radius 2 is 2.11 bits per heavy atom. The Labute approximate surface area is 105 Å². The van der Waals surface area contributed by atoms with E-state index in [1.54, 1.807) is 0 Å². The fourth-order valence-electron chi connectivity index (χ4n) is 1.91. The van der Waals surface area contributed by atoms with Crippen LogP contribution in [0.1, 0.15) is 28.7 Å². The van der Waals surface area contributed by atoms with Gasteiger partial charge in [0.1, 0.15) is 0 Å². The second-order valence-corrected chi connectivity index (χ2v) is 4.19. The molecule has 0 unspecified atom stereocenters. The number of aromatic amines is 1. The highest BCUT2D eigenvalue weighted by atomic mass is 16.2. The maximum absolute atomic E-state index is 11.9. The van der Waals surface area contributed by atoms with Crippen LogP contribution in [0.2, 0.25) is 0 Å². The highest BCUT2D eigenvalue weighted by Crippen LogP contribution is 2.14. The Hall–Kier alpha value is -1.89. The summed E-state index contributed by atoms with van der Waals surface area (Å²) >= 11 is 0. The molecule has 18 heavy (non-hydrogen) atoms. The minimum Gasteiger partial charge on any atom is -0.355 e. The lowest BCUT2D eigenvalue weighted by molar-refractivity contribution is -0.118. The van der Waals surface area contributed by atoms with E-state index in [0.29, 0.717) is 25.3 Å². The van der Waals surface area contributed by atoms with Crippen LogP contribution in [0.4, 0.5) is 0 Å². The van der Waals surface area contributed by atoms with Crippen molar-refractivity contribution in [2.45, 2.75) is 19.9 Å². The first kappa shape index (κ1) is 12.6. The Balaban J connectivity index is 1.89. The molecular weight excluding hydrogens is 234 g/mol. The van der Waals surface area contributed by atoms with Crippen molar-refractivity contribution < 1.29 is 9.59 Å². The van der Waals surface area contributed by atoms with Gasteiger partial charge < -0.3 is 16.0 Å². The lowest BCUT2D eigenvalue weighted by Gasteiger charge is -2.12. The minimum absolute atomic E-state index is 0.106. The van der Waals surface area contributed by atoms with Crippen molar-refractivity contribution in [2.24, 2.45) is 0 Å². The molecule has 0 aromatic carbocycles. The molecule has 0 aliphatic carbocycles. The number of nitrogens with one attached hydrogen (secondary N) is 4. The van der Waals surface area contributed by atoms with Crippen LogP contribution in [0.15, 0.2) is 0 Å². The van der Waals surface area contributed by atoms with Gasteiger partial charge in [0.15, 0.2) is 5.69 Å². The van der Waals surface area contributed by atoms with E-state index in [1.165, 1.54) is 6.92 Å². The van der Waals surface area contributed by atoms with Gasteiger partial charge in [-0.15, -0.1) is 0 Å². The molecule has 7 nitrogen and oxygen atoms in total. The molecule has 4 N–H and O–H groups in total. The van der Waals surface area contributed by atoms with E-state index in [-0.39, 0.29) is 11.8 Å². The fraction of sp³-hybridized carbons (Fsp3) is 0.545. The summed E-state index contributed by atoms with van der Waals surface area (Å²) in [6.45, 7) is 3.83. The van der Waals surface area contributed by atoms with Crippen LogP contribution in [0.3, 0.4) is 0 Å². The summed E-state index contributed by atoms with van der Waals surface area (Å²) in [5, 5.41) is 15.5. The average molecular weight is 251 g/mol. The highest BCUT2D eigenvalue weighted by molar-refractivity contribution is 5.94. The molecule has 1 aliphatic rings. The third-order valence-corrected chi connectivity index (χ3v) is 2.81. The number of hydrogen-bond donors (Lipinski definition) is 4. The molecule has 0 spiro atoms. The normalized spacial score (nSPS) is 13.8. The van der Waals surface area contributed by atoms with Gasteiger partial charge in [0.2, 0.25) is 5.91 Å². The predicted octanol–water partition coefficient (Wildman–Crippen LogP) is -1.08. The van der Waals surface area contributed by atoms with Crippen LogP contribution in [-0.4, -0.2) is 41.6 Å². The molecule has 0 saturated heterocycles. The van der Waals surface area contributed by atoms with E-state index >= 15 is 0 Å². The number of nitrogens with zero attached hydrogens (tertiary/aromatic N) is 1. The van der Waals surface area contributed by atoms with Gasteiger partial charge in [0.25, 0.3) is 5.91 Å². The van der Waals surface area contributed by atoms with Gasteiger partial charge in [0, 0.05) is 50.8 Å². The van der Waals surface area contributed by atoms with Crippen LogP contribution in [0, 0.1) is 0 Å². The molecule has 0 saturated carbocycles. The molecule has 1 aliphatic heterocycles. The standard InChI is InChI=1S/C11H17N5O2/c1-7(17)13-4-5-14-11(18)10-8-6-12-3-2-9(8)15-16-10/h12H,2-6H2,1H3,(H,13,17)(H,14,18)(H,15,16). The van der Waals surface area contributed by atoms with Crippen LogP contribution >= 0.6 is 0 Å². The number of carbonyl (C=O) groups is 2. The summed E-state index contributed by atoms with van der Waals surface area (Å²) in [5.41, 5.74) is 2.42. The van der Waals surface area contributed by atoms with Crippen molar-refractivity contribution in [3.8, 4) is 0 Å². The van der Waals surface area contributed by atoms with E-state index in [9.17, 15) is 9.59 Å². The van der Waals surface area contributed by atoms with Crippen molar-refractivity contribution >= 4 is 11.8 Å². The second-order valence-electron chi connectivity index (χ2n) is 4.19. The minimum atomic E-state index is -0.207. The number of fused-ring (bicyclic) bond motifs is 1. The Morgan fingerprint density at radius 1 is 1.33 bits per heavy atom. The molecule has 0 radical (unpaired) electrons. The zero-order valence-corrected chi connectivity index (χ0v) is 10.3. The lowest BCUT2D eigenvalue weighted by atomic mass is 10.1. The summed E-state index contributed by atoms with van der Waals surface area (Å²) < 4.78 is 0. The smallest absolute Gasteiger partial charge is 0.272 e. The topological polar surface area (TPSA) is 98.9 Å². The summed E-state index contributed by atoms with van der Waals surface area (Å²) in [7, 11) is 0. The number of rotatable bonds is 4. The largest absolute Gasteiger partial charge is 0.355 e. The first-order chi connectivity index (χ1) is 8.68. The Kier molecular flexibility index (Phi) is 3.93. The predicted molar refractivity (Wildman–Crippen MR) is 65.0 cm³/mol. The van der Waals surface area contributed by atoms with Crippen molar-refractivity contribution in [2.75, 3.05) is 19.6 Å². The molecule has 98 valence electrons. The van der Waals surface area contributed by atoms with Crippen LogP contribution in [-0.2, 0) is 17.8 Å². The quantitative estimate of drug-likeness (QED) is 0.512. The first-order valence-corrected chi connectivity index (χ1v) is 5.98. The number of hydrogen-bond acceptors (Lipinski definition) is 4. The molecule has 1 aromatic rings. The van der Waals surface area contributed by atoms with Crippen LogP contribution in [0.5, 0.6) is 0 Å². The second kappa shape index (κ2) is 5.63. The maximum atomic E-state index is 11.9. The summed E-state index contributed by atoms with van der Waals surface area (Å²) in [5.74, 6) is -0.313. The first-order valence-electron chi connectivity index (χ1n) is 5.98. The molecule has 2 heterocycles. The molecule has 2 rings (SSSR count). The average Bonchev–Trinajstić information content (AvgIpc) is 2.78. The molecular formula is C11H17N5O2. The zero-order valence-electron chi connectivity index (χ0n) is 10.3. The van der Waals surface area contributed by atoms with E-state index < -0.39 is 0 Å². The lowest BCUT2D eigenvalue weighted by Crippen LogP contribution is -2.34. The van der Waals surface area contributed by atoms with Gasteiger partial charge in [-0.05, 0) is 0 Å². The molecule has 1 aromatic heterocycles. The molecule has 0 fully saturated rings. The SMILES string of the molecule is CC(=O)NCCNC(=O)c1n[nH]c2c1CNCC2. The van der Waals surface area contributed by atoms with E-state index in [2.05, 4.69) is 26.1 Å². The number of aromatic nitrogens is 2. The van der Waals surface area contributed by atoms with Gasteiger partial charge in [-0.25, -0.2) is 0 Å². The highest BCUT2D eigenvalue weighted by Gasteiger charge is 2.20. The number of carbonyl (C=O) groups excluding carboxylic acids is 2. The van der Waals surface area contributed by atoms with Gasteiger partial charge >= 0.3 is 0 Å². The van der Waals surface area contributed by atoms with Gasteiger partial charge in [-0.2, -0.15) is 5.10 Å². The maximum Gasteiger partial charge on any atom is 0.272 e. The molecule has 7 heteroatoms. The Bertz CT molecular complexity index is 454. The van der Waals surface area contributed by atoms with Crippen LogP contribution in [0.25, 0.3) is 0 Å². The third kappa shape index (κ3) is 2.86. The van der Waals surface area contributed by atoms with Crippen molar-refractivity contribution in [1.29, 1.82) is 0 Å². The zero-order chi connectivity index (χ0) is 13.0. The summed E-state index contributed by atoms with van der Waals surface area (Å²) in [4.78, 5) is 22.5. The van der Waals surface area contributed by atoms with Gasteiger partial charge in [-0.3, -0.25) is 14.7 Å². The van der Waals surface area contributed by atoms with E-state index in [1.807, 2.05) is 0 Å². The Morgan fingerprint density at radius 3 is 2.89 bits per heavy atom.